The molecule has 1 heterocycles. The number of hydrogen-bond donors (Lipinski definition) is 2. The predicted molar refractivity (Wildman–Crippen MR) is 65.6 cm³/mol. The first kappa shape index (κ1) is 12.3. The summed E-state index contributed by atoms with van der Waals surface area (Å²) in [5.41, 5.74) is 0.494. The third-order valence-electron chi connectivity index (χ3n) is 2.18. The van der Waals surface area contributed by atoms with Crippen molar-refractivity contribution in [2.75, 3.05) is 17.1 Å². The van der Waals surface area contributed by atoms with Gasteiger partial charge in [-0.15, -0.1) is 5.10 Å². The molecule has 96 valence electrons. The molecule has 1 aromatic heterocycles. The Morgan fingerprint density at radius 2 is 2.00 bits per heavy atom. The highest BCUT2D eigenvalue weighted by Gasteiger charge is 2.19. The number of anilines is 2. The summed E-state index contributed by atoms with van der Waals surface area (Å²) in [5, 5.41) is 13.7. The lowest BCUT2D eigenvalue weighted by molar-refractivity contribution is 0.601. The molecule has 0 unspecified atom stereocenters. The van der Waals surface area contributed by atoms with Crippen molar-refractivity contribution in [2.45, 2.75) is 4.90 Å². The number of rotatable bonds is 4. The summed E-state index contributed by atoms with van der Waals surface area (Å²) in [7, 11) is -0.538. The van der Waals surface area contributed by atoms with E-state index in [1.807, 2.05) is 0 Å². The molecule has 8 nitrogen and oxygen atoms in total. The molecule has 0 saturated carbocycles. The van der Waals surface area contributed by atoms with E-state index in [4.69, 9.17) is 0 Å². The number of nitrogens with one attached hydrogen (secondary N) is 2. The van der Waals surface area contributed by atoms with Gasteiger partial charge in [0.15, 0.2) is 0 Å². The molecular formula is C9H12N6O2S. The van der Waals surface area contributed by atoms with Crippen LogP contribution in [0.25, 0.3) is 0 Å². The van der Waals surface area contributed by atoms with Gasteiger partial charge in [-0.1, -0.05) is 17.2 Å². The highest BCUT2D eigenvalue weighted by Crippen LogP contribution is 2.21. The van der Waals surface area contributed by atoms with E-state index in [0.29, 0.717) is 5.69 Å². The molecule has 0 fully saturated rings. The lowest BCUT2D eigenvalue weighted by atomic mass is 10.3. The minimum absolute atomic E-state index is 0.0663. The molecule has 0 aliphatic carbocycles. The molecule has 0 amide bonds. The largest absolute Gasteiger partial charge is 0.387 e. The maximum Gasteiger partial charge on any atom is 0.277 e. The standard InChI is InChI=1S/C9H12N6O2S/c1-10-7-5-3-4-6-8(7)18(16,17)13-9-11-14-15(2)12-9/h3-6,10H,1-2H3,(H,12,13). The van der Waals surface area contributed by atoms with Crippen molar-refractivity contribution in [1.29, 1.82) is 0 Å². The van der Waals surface area contributed by atoms with Crippen LogP contribution in [0.5, 0.6) is 0 Å². The van der Waals surface area contributed by atoms with Crippen LogP contribution >= 0.6 is 0 Å². The first-order valence-electron chi connectivity index (χ1n) is 5.06. The Morgan fingerprint density at radius 1 is 1.28 bits per heavy atom. The number of tetrazole rings is 1. The Bertz CT molecular complexity index is 651. The summed E-state index contributed by atoms with van der Waals surface area (Å²) in [4.78, 5) is 1.29. The van der Waals surface area contributed by atoms with Crippen LogP contribution in [-0.4, -0.2) is 35.7 Å². The van der Waals surface area contributed by atoms with Crippen molar-refractivity contribution >= 4 is 21.7 Å². The van der Waals surface area contributed by atoms with Crippen LogP contribution in [0, 0.1) is 0 Å². The van der Waals surface area contributed by atoms with Gasteiger partial charge in [0.1, 0.15) is 4.90 Å². The second kappa shape index (κ2) is 4.61. The average molecular weight is 268 g/mol. The second-order valence-electron chi connectivity index (χ2n) is 3.45. The lowest BCUT2D eigenvalue weighted by Crippen LogP contribution is -2.15. The zero-order chi connectivity index (χ0) is 13.2. The van der Waals surface area contributed by atoms with E-state index in [9.17, 15) is 8.42 Å². The monoisotopic (exact) mass is 268 g/mol. The summed E-state index contributed by atoms with van der Waals surface area (Å²) in [5.74, 6) is -0.0663. The normalized spacial score (nSPS) is 11.2. The number of sulfonamides is 1. The summed E-state index contributed by atoms with van der Waals surface area (Å²) < 4.78 is 26.5. The molecule has 2 N–H and O–H groups in total. The van der Waals surface area contributed by atoms with Crippen LogP contribution in [0.3, 0.4) is 0 Å². The van der Waals surface area contributed by atoms with E-state index in [2.05, 4.69) is 25.4 Å². The van der Waals surface area contributed by atoms with Crippen molar-refractivity contribution in [2.24, 2.45) is 7.05 Å². The fourth-order valence-electron chi connectivity index (χ4n) is 1.41. The first-order valence-corrected chi connectivity index (χ1v) is 6.55. The Balaban J connectivity index is 2.36. The molecule has 2 rings (SSSR count). The third-order valence-corrected chi connectivity index (χ3v) is 3.57. The van der Waals surface area contributed by atoms with Gasteiger partial charge in [-0.05, 0) is 17.3 Å². The van der Waals surface area contributed by atoms with E-state index in [-0.39, 0.29) is 10.8 Å². The highest BCUT2D eigenvalue weighted by molar-refractivity contribution is 7.92. The SMILES string of the molecule is CNc1ccccc1S(=O)(=O)Nc1nnn(C)n1. The molecule has 0 spiro atoms. The zero-order valence-electron chi connectivity index (χ0n) is 9.82. The zero-order valence-corrected chi connectivity index (χ0v) is 10.6. The highest BCUT2D eigenvalue weighted by atomic mass is 32.2. The van der Waals surface area contributed by atoms with Crippen molar-refractivity contribution in [1.82, 2.24) is 20.2 Å². The van der Waals surface area contributed by atoms with Crippen molar-refractivity contribution in [3.63, 3.8) is 0 Å². The third kappa shape index (κ3) is 2.40. The molecular weight excluding hydrogens is 256 g/mol. The first-order chi connectivity index (χ1) is 8.53. The van der Waals surface area contributed by atoms with Gasteiger partial charge in [0.25, 0.3) is 16.0 Å². The van der Waals surface area contributed by atoms with Crippen LogP contribution in [0.4, 0.5) is 11.6 Å². The number of nitrogens with zero attached hydrogens (tertiary/aromatic N) is 4. The van der Waals surface area contributed by atoms with Gasteiger partial charge in [0.2, 0.25) is 0 Å². The Kier molecular flexibility index (Phi) is 3.15. The smallest absolute Gasteiger partial charge is 0.277 e. The Hall–Kier alpha value is -2.16. The van der Waals surface area contributed by atoms with Crippen LogP contribution in [0.15, 0.2) is 29.2 Å². The summed E-state index contributed by atoms with van der Waals surface area (Å²) in [6.07, 6.45) is 0. The molecule has 0 radical (unpaired) electrons. The molecule has 0 atom stereocenters. The average Bonchev–Trinajstić information content (AvgIpc) is 2.74. The molecule has 0 aliphatic rings. The number of aromatic nitrogens is 4. The number of hydrogen-bond acceptors (Lipinski definition) is 6. The topological polar surface area (TPSA) is 102 Å². The van der Waals surface area contributed by atoms with E-state index in [0.717, 1.165) is 0 Å². The van der Waals surface area contributed by atoms with Gasteiger partial charge in [0.05, 0.1) is 12.7 Å². The minimum Gasteiger partial charge on any atom is -0.387 e. The van der Waals surface area contributed by atoms with Crippen LogP contribution in [0.1, 0.15) is 0 Å². The number of aryl methyl sites for hydroxylation is 1. The number of para-hydroxylation sites is 1. The molecule has 0 saturated heterocycles. The Labute approximate surface area is 104 Å². The fourth-order valence-corrected chi connectivity index (χ4v) is 2.56. The van der Waals surface area contributed by atoms with E-state index >= 15 is 0 Å². The maximum absolute atomic E-state index is 12.1. The van der Waals surface area contributed by atoms with Gasteiger partial charge in [-0.2, -0.15) is 4.80 Å². The molecule has 9 heteroatoms. The summed E-state index contributed by atoms with van der Waals surface area (Å²) in [6, 6.07) is 6.54. The molecule has 0 bridgehead atoms. The second-order valence-corrected chi connectivity index (χ2v) is 5.10. The van der Waals surface area contributed by atoms with E-state index in [1.54, 1.807) is 32.3 Å². The predicted octanol–water partition coefficient (Wildman–Crippen LogP) is 0.0526. The van der Waals surface area contributed by atoms with Crippen molar-refractivity contribution < 1.29 is 8.42 Å². The summed E-state index contributed by atoms with van der Waals surface area (Å²) >= 11 is 0. The molecule has 18 heavy (non-hydrogen) atoms. The molecule has 1 aromatic carbocycles. The van der Waals surface area contributed by atoms with Gasteiger partial charge in [0, 0.05) is 7.05 Å². The van der Waals surface area contributed by atoms with E-state index < -0.39 is 10.0 Å². The molecule has 0 aliphatic heterocycles. The van der Waals surface area contributed by atoms with Crippen molar-refractivity contribution in [3.05, 3.63) is 24.3 Å². The fraction of sp³-hybridized carbons (Fsp3) is 0.222. The van der Waals surface area contributed by atoms with Crippen LogP contribution < -0.4 is 10.0 Å². The van der Waals surface area contributed by atoms with E-state index in [1.165, 1.54) is 10.9 Å². The Morgan fingerprint density at radius 3 is 2.61 bits per heavy atom. The minimum atomic E-state index is -3.73. The van der Waals surface area contributed by atoms with Crippen molar-refractivity contribution in [3.8, 4) is 0 Å². The van der Waals surface area contributed by atoms with Gasteiger partial charge in [-0.25, -0.2) is 13.1 Å². The van der Waals surface area contributed by atoms with Gasteiger partial charge < -0.3 is 5.32 Å². The maximum atomic E-state index is 12.1. The van der Waals surface area contributed by atoms with Gasteiger partial charge in [-0.3, -0.25) is 0 Å². The lowest BCUT2D eigenvalue weighted by Gasteiger charge is -2.09. The van der Waals surface area contributed by atoms with Crippen LogP contribution in [0.2, 0.25) is 0 Å². The van der Waals surface area contributed by atoms with Crippen LogP contribution in [-0.2, 0) is 17.1 Å². The number of benzene rings is 1. The van der Waals surface area contributed by atoms with Gasteiger partial charge >= 0.3 is 0 Å². The molecule has 2 aromatic rings. The quantitative estimate of drug-likeness (QED) is 0.812. The summed E-state index contributed by atoms with van der Waals surface area (Å²) in [6.45, 7) is 0.